The molecule has 2 aromatic rings. The number of amides is 1. The molecule has 1 aliphatic rings. The largest absolute Gasteiger partial charge is 0.379 e. The van der Waals surface area contributed by atoms with Gasteiger partial charge in [-0.05, 0) is 38.1 Å². The third-order valence-corrected chi connectivity index (χ3v) is 7.38. The number of anilines is 1. The lowest BCUT2D eigenvalue weighted by Crippen LogP contribution is -2.40. The molecule has 0 saturated carbocycles. The summed E-state index contributed by atoms with van der Waals surface area (Å²) in [7, 11) is -3.55. The summed E-state index contributed by atoms with van der Waals surface area (Å²) < 4.78 is 33.6. The molecular weight excluding hydrogens is 416 g/mol. The summed E-state index contributed by atoms with van der Waals surface area (Å²) in [6, 6.07) is 6.20. The second kappa shape index (κ2) is 8.83. The molecule has 1 N–H and O–H groups in total. The highest BCUT2D eigenvalue weighted by Gasteiger charge is 2.26. The van der Waals surface area contributed by atoms with Crippen molar-refractivity contribution in [2.75, 3.05) is 31.6 Å². The Hall–Kier alpha value is -1.94. The van der Waals surface area contributed by atoms with E-state index in [2.05, 4.69) is 10.4 Å². The topological polar surface area (TPSA) is 93.5 Å². The van der Waals surface area contributed by atoms with Crippen LogP contribution in [0.15, 0.2) is 29.2 Å². The fraction of sp³-hybridized carbons (Fsp3) is 0.474. The number of carbonyl (C=O) groups is 1. The summed E-state index contributed by atoms with van der Waals surface area (Å²) in [4.78, 5) is 12.7. The number of aryl methyl sites for hydroxylation is 1. The van der Waals surface area contributed by atoms with Crippen LogP contribution in [0.1, 0.15) is 18.3 Å². The monoisotopic (exact) mass is 440 g/mol. The van der Waals surface area contributed by atoms with Crippen molar-refractivity contribution < 1.29 is 17.9 Å². The van der Waals surface area contributed by atoms with Crippen molar-refractivity contribution >= 4 is 33.2 Å². The van der Waals surface area contributed by atoms with Crippen LogP contribution in [0.4, 0.5) is 5.69 Å². The van der Waals surface area contributed by atoms with Gasteiger partial charge in [-0.15, -0.1) is 0 Å². The van der Waals surface area contributed by atoms with E-state index in [-0.39, 0.29) is 16.7 Å². The van der Waals surface area contributed by atoms with E-state index < -0.39 is 10.0 Å². The number of hydrogen-bond donors (Lipinski definition) is 1. The lowest BCUT2D eigenvalue weighted by Gasteiger charge is -2.26. The number of morpholine rings is 1. The normalized spacial score (nSPS) is 16.6. The Bertz CT molecular complexity index is 982. The predicted octanol–water partition coefficient (Wildman–Crippen LogP) is 2.45. The average molecular weight is 441 g/mol. The lowest BCUT2D eigenvalue weighted by molar-refractivity contribution is -0.119. The molecule has 1 saturated heterocycles. The standard InChI is InChI=1S/C19H25ClN4O4S/c1-13(12-24-15(3)18(20)14(2)22-24)19(25)21-16-4-6-17(7-5-16)29(26,27)23-8-10-28-11-9-23/h4-7,13H,8-12H2,1-3H3,(H,21,25). The molecule has 158 valence electrons. The van der Waals surface area contributed by atoms with E-state index in [1.807, 2.05) is 13.8 Å². The van der Waals surface area contributed by atoms with Gasteiger partial charge in [0.25, 0.3) is 0 Å². The van der Waals surface area contributed by atoms with E-state index in [1.54, 1.807) is 23.7 Å². The van der Waals surface area contributed by atoms with E-state index in [0.29, 0.717) is 43.6 Å². The number of nitrogens with one attached hydrogen (secondary N) is 1. The SMILES string of the molecule is Cc1nn(CC(C)C(=O)Nc2ccc(S(=O)(=O)N3CCOCC3)cc2)c(C)c1Cl. The third-order valence-electron chi connectivity index (χ3n) is 4.92. The third kappa shape index (κ3) is 4.80. The molecule has 1 aliphatic heterocycles. The first-order chi connectivity index (χ1) is 13.7. The Morgan fingerprint density at radius 2 is 1.86 bits per heavy atom. The smallest absolute Gasteiger partial charge is 0.243 e. The fourth-order valence-corrected chi connectivity index (χ4v) is 4.65. The van der Waals surface area contributed by atoms with Crippen molar-refractivity contribution in [1.82, 2.24) is 14.1 Å². The first kappa shape index (κ1) is 21.8. The summed E-state index contributed by atoms with van der Waals surface area (Å²) in [6.45, 7) is 7.36. The second-order valence-corrected chi connectivity index (χ2v) is 9.41. The van der Waals surface area contributed by atoms with Crippen molar-refractivity contribution in [3.05, 3.63) is 40.7 Å². The van der Waals surface area contributed by atoms with Crippen LogP contribution in [0.3, 0.4) is 0 Å². The maximum absolute atomic E-state index is 12.7. The fourth-order valence-electron chi connectivity index (χ4n) is 3.11. The molecule has 1 amide bonds. The molecule has 8 nitrogen and oxygen atoms in total. The van der Waals surface area contributed by atoms with Gasteiger partial charge in [-0.25, -0.2) is 8.42 Å². The van der Waals surface area contributed by atoms with Gasteiger partial charge in [-0.3, -0.25) is 9.48 Å². The van der Waals surface area contributed by atoms with Crippen LogP contribution in [0.25, 0.3) is 0 Å². The molecule has 1 aromatic heterocycles. The van der Waals surface area contributed by atoms with Crippen molar-refractivity contribution in [1.29, 1.82) is 0 Å². The number of halogens is 1. The van der Waals surface area contributed by atoms with Crippen molar-refractivity contribution in [2.24, 2.45) is 5.92 Å². The van der Waals surface area contributed by atoms with Gasteiger partial charge in [0.05, 0.1) is 47.0 Å². The minimum Gasteiger partial charge on any atom is -0.379 e. The number of aromatic nitrogens is 2. The number of nitrogens with zero attached hydrogens (tertiary/aromatic N) is 3. The van der Waals surface area contributed by atoms with E-state index in [0.717, 1.165) is 11.4 Å². The summed E-state index contributed by atoms with van der Waals surface area (Å²) in [5, 5.41) is 7.77. The first-order valence-corrected chi connectivity index (χ1v) is 11.2. The molecule has 1 unspecified atom stereocenters. The zero-order valence-electron chi connectivity index (χ0n) is 16.7. The zero-order chi connectivity index (χ0) is 21.2. The molecule has 1 aromatic carbocycles. The lowest BCUT2D eigenvalue weighted by atomic mass is 10.1. The van der Waals surface area contributed by atoms with Gasteiger partial charge in [0.2, 0.25) is 15.9 Å². The van der Waals surface area contributed by atoms with Crippen LogP contribution in [-0.4, -0.2) is 54.7 Å². The van der Waals surface area contributed by atoms with Gasteiger partial charge in [-0.2, -0.15) is 9.40 Å². The van der Waals surface area contributed by atoms with E-state index in [1.165, 1.54) is 16.4 Å². The van der Waals surface area contributed by atoms with Gasteiger partial charge in [0, 0.05) is 18.8 Å². The highest BCUT2D eigenvalue weighted by atomic mass is 35.5. The molecule has 1 fully saturated rings. The maximum Gasteiger partial charge on any atom is 0.243 e. The van der Waals surface area contributed by atoms with Crippen LogP contribution in [0.5, 0.6) is 0 Å². The summed E-state index contributed by atoms with van der Waals surface area (Å²) >= 11 is 6.16. The molecule has 10 heteroatoms. The van der Waals surface area contributed by atoms with Gasteiger partial charge < -0.3 is 10.1 Å². The van der Waals surface area contributed by atoms with Crippen LogP contribution in [0.2, 0.25) is 5.02 Å². The van der Waals surface area contributed by atoms with Crippen molar-refractivity contribution in [2.45, 2.75) is 32.2 Å². The average Bonchev–Trinajstić information content (AvgIpc) is 2.95. The Morgan fingerprint density at radius 1 is 1.24 bits per heavy atom. The Kier molecular flexibility index (Phi) is 6.62. The Balaban J connectivity index is 1.64. The van der Waals surface area contributed by atoms with E-state index in [9.17, 15) is 13.2 Å². The Morgan fingerprint density at radius 3 is 2.41 bits per heavy atom. The first-order valence-electron chi connectivity index (χ1n) is 9.38. The molecule has 0 aliphatic carbocycles. The molecule has 3 rings (SSSR count). The van der Waals surface area contributed by atoms with E-state index >= 15 is 0 Å². The predicted molar refractivity (Wildman–Crippen MR) is 111 cm³/mol. The number of ether oxygens (including phenoxy) is 1. The van der Waals surface area contributed by atoms with E-state index in [4.69, 9.17) is 16.3 Å². The van der Waals surface area contributed by atoms with Crippen molar-refractivity contribution in [3.8, 4) is 0 Å². The molecule has 0 radical (unpaired) electrons. The summed E-state index contributed by atoms with van der Waals surface area (Å²) in [5.41, 5.74) is 2.09. The van der Waals surface area contributed by atoms with Crippen molar-refractivity contribution in [3.63, 3.8) is 0 Å². The van der Waals surface area contributed by atoms with Gasteiger partial charge >= 0.3 is 0 Å². The van der Waals surface area contributed by atoms with Crippen LogP contribution < -0.4 is 5.32 Å². The van der Waals surface area contributed by atoms with Gasteiger partial charge in [0.15, 0.2) is 0 Å². The van der Waals surface area contributed by atoms with Crippen LogP contribution in [0, 0.1) is 19.8 Å². The second-order valence-electron chi connectivity index (χ2n) is 7.10. The number of hydrogen-bond acceptors (Lipinski definition) is 5. The highest BCUT2D eigenvalue weighted by Crippen LogP contribution is 2.22. The maximum atomic E-state index is 12.7. The number of carbonyl (C=O) groups excluding carboxylic acids is 1. The Labute approximate surface area is 175 Å². The van der Waals surface area contributed by atoms with Crippen LogP contribution in [-0.2, 0) is 26.1 Å². The molecule has 0 bridgehead atoms. The number of rotatable bonds is 6. The minimum absolute atomic E-state index is 0.183. The van der Waals surface area contributed by atoms with Gasteiger partial charge in [0.1, 0.15) is 0 Å². The number of benzene rings is 1. The summed E-state index contributed by atoms with van der Waals surface area (Å²) in [6.07, 6.45) is 0. The molecular formula is C19H25ClN4O4S. The molecule has 29 heavy (non-hydrogen) atoms. The minimum atomic E-state index is -3.55. The summed E-state index contributed by atoms with van der Waals surface area (Å²) in [5.74, 6) is -0.529. The molecule has 1 atom stereocenters. The van der Waals surface area contributed by atoms with Crippen LogP contribution >= 0.6 is 11.6 Å². The van der Waals surface area contributed by atoms with Gasteiger partial charge in [-0.1, -0.05) is 18.5 Å². The quantitative estimate of drug-likeness (QED) is 0.744. The molecule has 0 spiro atoms. The molecule has 2 heterocycles. The highest BCUT2D eigenvalue weighted by molar-refractivity contribution is 7.89. The zero-order valence-corrected chi connectivity index (χ0v) is 18.3. The number of sulfonamides is 1.